The summed E-state index contributed by atoms with van der Waals surface area (Å²) in [4.78, 5) is 23.3. The number of carboxylic acids is 1. The molecular weight excluding hydrogens is 280 g/mol. The van der Waals surface area contributed by atoms with Crippen LogP contribution in [-0.2, 0) is 4.79 Å². The maximum absolute atomic E-state index is 13.9. The van der Waals surface area contributed by atoms with Gasteiger partial charge in [-0.15, -0.1) is 0 Å². The molecule has 1 aliphatic carbocycles. The van der Waals surface area contributed by atoms with Crippen LogP contribution in [0.5, 0.6) is 0 Å². The highest BCUT2D eigenvalue weighted by atomic mass is 19.1. The smallest absolute Gasteiger partial charge is 0.308 e. The number of rotatable bonds is 3. The van der Waals surface area contributed by atoms with E-state index in [2.05, 4.69) is 5.32 Å². The first-order valence-corrected chi connectivity index (χ1v) is 6.90. The molecule has 0 bridgehead atoms. The summed E-state index contributed by atoms with van der Waals surface area (Å²) in [6.07, 6.45) is 2.51. The van der Waals surface area contributed by atoms with E-state index in [0.29, 0.717) is 12.8 Å². The number of benzene rings is 1. The lowest BCUT2D eigenvalue weighted by atomic mass is 9.84. The van der Waals surface area contributed by atoms with E-state index in [-0.39, 0.29) is 5.56 Å². The van der Waals surface area contributed by atoms with E-state index in [4.69, 9.17) is 5.11 Å². The molecular formula is C15H17F2NO3. The van der Waals surface area contributed by atoms with Crippen molar-refractivity contribution in [2.24, 2.45) is 5.92 Å². The summed E-state index contributed by atoms with van der Waals surface area (Å²) in [6, 6.07) is 1.69. The predicted octanol–water partition coefficient (Wildman–Crippen LogP) is 2.65. The molecule has 1 saturated carbocycles. The highest BCUT2D eigenvalue weighted by Gasteiger charge is 2.33. The molecule has 114 valence electrons. The molecule has 21 heavy (non-hydrogen) atoms. The number of hydrogen-bond donors (Lipinski definition) is 2. The van der Waals surface area contributed by atoms with Gasteiger partial charge in [-0.25, -0.2) is 8.78 Å². The van der Waals surface area contributed by atoms with Crippen molar-refractivity contribution < 1.29 is 23.5 Å². The van der Waals surface area contributed by atoms with Crippen LogP contribution >= 0.6 is 0 Å². The van der Waals surface area contributed by atoms with Crippen molar-refractivity contribution in [1.29, 1.82) is 0 Å². The van der Waals surface area contributed by atoms with Gasteiger partial charge in [-0.2, -0.15) is 0 Å². The molecule has 0 aliphatic heterocycles. The summed E-state index contributed by atoms with van der Waals surface area (Å²) < 4.78 is 27.6. The predicted molar refractivity (Wildman–Crippen MR) is 71.9 cm³/mol. The summed E-state index contributed by atoms with van der Waals surface area (Å²) in [5.41, 5.74) is -0.482. The zero-order chi connectivity index (χ0) is 15.6. The Bertz CT molecular complexity index is 574. The summed E-state index contributed by atoms with van der Waals surface area (Å²) in [5, 5.41) is 11.6. The lowest BCUT2D eigenvalue weighted by Crippen LogP contribution is -2.45. The molecule has 2 N–H and O–H groups in total. The van der Waals surface area contributed by atoms with Crippen molar-refractivity contribution in [3.63, 3.8) is 0 Å². The first-order valence-electron chi connectivity index (χ1n) is 6.90. The molecule has 1 fully saturated rings. The van der Waals surface area contributed by atoms with Crippen LogP contribution < -0.4 is 5.32 Å². The zero-order valence-corrected chi connectivity index (χ0v) is 11.7. The molecule has 2 atom stereocenters. The average Bonchev–Trinajstić information content (AvgIpc) is 2.43. The Morgan fingerprint density at radius 2 is 1.90 bits per heavy atom. The van der Waals surface area contributed by atoms with Crippen LogP contribution in [0.15, 0.2) is 12.1 Å². The monoisotopic (exact) mass is 297 g/mol. The van der Waals surface area contributed by atoms with Gasteiger partial charge >= 0.3 is 5.97 Å². The van der Waals surface area contributed by atoms with Crippen molar-refractivity contribution in [2.75, 3.05) is 0 Å². The van der Waals surface area contributed by atoms with Crippen LogP contribution in [0.25, 0.3) is 0 Å². The highest BCUT2D eigenvalue weighted by molar-refractivity contribution is 5.95. The third-order valence-corrected chi connectivity index (χ3v) is 3.91. The van der Waals surface area contributed by atoms with Crippen molar-refractivity contribution in [3.05, 3.63) is 34.9 Å². The van der Waals surface area contributed by atoms with Gasteiger partial charge < -0.3 is 10.4 Å². The zero-order valence-electron chi connectivity index (χ0n) is 11.7. The molecule has 0 saturated heterocycles. The van der Waals surface area contributed by atoms with E-state index in [1.807, 2.05) is 0 Å². The minimum absolute atomic E-state index is 0.167. The van der Waals surface area contributed by atoms with Gasteiger partial charge in [-0.3, -0.25) is 9.59 Å². The van der Waals surface area contributed by atoms with Crippen LogP contribution in [0.1, 0.15) is 41.6 Å². The fourth-order valence-corrected chi connectivity index (χ4v) is 2.70. The molecule has 1 aromatic carbocycles. The van der Waals surface area contributed by atoms with E-state index in [1.165, 1.54) is 13.0 Å². The minimum Gasteiger partial charge on any atom is -0.481 e. The van der Waals surface area contributed by atoms with Gasteiger partial charge in [-0.1, -0.05) is 18.9 Å². The first-order chi connectivity index (χ1) is 9.91. The maximum atomic E-state index is 13.9. The molecule has 1 amide bonds. The Kier molecular flexibility index (Phi) is 4.55. The van der Waals surface area contributed by atoms with Crippen molar-refractivity contribution in [2.45, 2.75) is 38.6 Å². The molecule has 0 aromatic heterocycles. The number of hydrogen-bond acceptors (Lipinski definition) is 2. The third kappa shape index (κ3) is 3.20. The van der Waals surface area contributed by atoms with E-state index in [0.717, 1.165) is 18.9 Å². The second kappa shape index (κ2) is 6.20. The fraction of sp³-hybridized carbons (Fsp3) is 0.467. The van der Waals surface area contributed by atoms with Crippen LogP contribution in [0.2, 0.25) is 0 Å². The number of aryl methyl sites for hydroxylation is 1. The average molecular weight is 297 g/mol. The van der Waals surface area contributed by atoms with Crippen LogP contribution in [0, 0.1) is 24.5 Å². The molecule has 0 spiro atoms. The molecule has 0 heterocycles. The van der Waals surface area contributed by atoms with Gasteiger partial charge in [0.15, 0.2) is 0 Å². The normalized spacial score (nSPS) is 21.9. The Labute approximate surface area is 121 Å². The summed E-state index contributed by atoms with van der Waals surface area (Å²) >= 11 is 0. The van der Waals surface area contributed by atoms with E-state index >= 15 is 0 Å². The summed E-state index contributed by atoms with van der Waals surface area (Å²) in [5.74, 6) is -4.45. The van der Waals surface area contributed by atoms with Crippen molar-refractivity contribution >= 4 is 11.9 Å². The second-order valence-electron chi connectivity index (χ2n) is 5.36. The van der Waals surface area contributed by atoms with Gasteiger partial charge in [-0.05, 0) is 31.4 Å². The topological polar surface area (TPSA) is 66.4 Å². The molecule has 6 heteroatoms. The standard InChI is InChI=1S/C15H17F2NO3/c1-8-6-7-10(16)12(13(8)17)14(19)18-11-5-3-2-4-9(11)15(20)21/h6-7,9,11H,2-5H2,1H3,(H,18,19)(H,20,21). The van der Waals surface area contributed by atoms with Crippen molar-refractivity contribution in [3.8, 4) is 0 Å². The number of halogens is 2. The number of carboxylic acid groups (broad SMARTS) is 1. The molecule has 4 nitrogen and oxygen atoms in total. The fourth-order valence-electron chi connectivity index (χ4n) is 2.70. The lowest BCUT2D eigenvalue weighted by molar-refractivity contribution is -0.143. The number of amides is 1. The Hall–Kier alpha value is -1.98. The summed E-state index contributed by atoms with van der Waals surface area (Å²) in [6.45, 7) is 1.44. The Morgan fingerprint density at radius 1 is 1.24 bits per heavy atom. The van der Waals surface area contributed by atoms with Crippen LogP contribution in [0.4, 0.5) is 8.78 Å². The first kappa shape index (κ1) is 15.4. The molecule has 1 aromatic rings. The SMILES string of the molecule is Cc1ccc(F)c(C(=O)NC2CCCCC2C(=O)O)c1F. The minimum atomic E-state index is -0.995. The van der Waals surface area contributed by atoms with Crippen LogP contribution in [0.3, 0.4) is 0 Å². The van der Waals surface area contributed by atoms with Gasteiger partial charge in [0, 0.05) is 6.04 Å². The lowest BCUT2D eigenvalue weighted by Gasteiger charge is -2.29. The van der Waals surface area contributed by atoms with E-state index in [1.54, 1.807) is 0 Å². The molecule has 2 rings (SSSR count). The maximum Gasteiger partial charge on any atom is 0.308 e. The highest BCUT2D eigenvalue weighted by Crippen LogP contribution is 2.25. The van der Waals surface area contributed by atoms with Gasteiger partial charge in [0.2, 0.25) is 0 Å². The van der Waals surface area contributed by atoms with E-state index in [9.17, 15) is 18.4 Å². The molecule has 0 radical (unpaired) electrons. The number of carbonyl (C=O) groups excluding carboxylic acids is 1. The summed E-state index contributed by atoms with van der Waals surface area (Å²) in [7, 11) is 0. The quantitative estimate of drug-likeness (QED) is 0.901. The van der Waals surface area contributed by atoms with Crippen molar-refractivity contribution in [1.82, 2.24) is 5.32 Å². The van der Waals surface area contributed by atoms with Gasteiger partial charge in [0.25, 0.3) is 5.91 Å². The van der Waals surface area contributed by atoms with Crippen LogP contribution in [-0.4, -0.2) is 23.0 Å². The van der Waals surface area contributed by atoms with E-state index < -0.39 is 41.0 Å². The molecule has 1 aliphatic rings. The largest absolute Gasteiger partial charge is 0.481 e. The second-order valence-corrected chi connectivity index (χ2v) is 5.36. The molecule has 2 unspecified atom stereocenters. The number of aliphatic carboxylic acids is 1. The van der Waals surface area contributed by atoms with Gasteiger partial charge in [0.05, 0.1) is 5.92 Å². The van der Waals surface area contributed by atoms with Gasteiger partial charge in [0.1, 0.15) is 17.2 Å². The third-order valence-electron chi connectivity index (χ3n) is 3.91. The Morgan fingerprint density at radius 3 is 2.57 bits per heavy atom. The Balaban J connectivity index is 2.21. The number of carbonyl (C=O) groups is 2. The number of nitrogens with one attached hydrogen (secondary N) is 1.